The first-order valence-corrected chi connectivity index (χ1v) is 8.04. The van der Waals surface area contributed by atoms with Gasteiger partial charge in [-0.2, -0.15) is 16.9 Å². The molecule has 3 N–H and O–H groups in total. The molecular weight excluding hydrogens is 260 g/mol. The third-order valence-electron chi connectivity index (χ3n) is 3.56. The predicted molar refractivity (Wildman–Crippen MR) is 79.2 cm³/mol. The van der Waals surface area contributed by atoms with Crippen molar-refractivity contribution in [3.63, 3.8) is 0 Å². The van der Waals surface area contributed by atoms with Crippen molar-refractivity contribution in [1.29, 1.82) is 0 Å². The van der Waals surface area contributed by atoms with Crippen LogP contribution in [0.15, 0.2) is 6.20 Å². The highest BCUT2D eigenvalue weighted by Gasteiger charge is 2.30. The summed E-state index contributed by atoms with van der Waals surface area (Å²) < 4.78 is 7.48. The molecule has 0 aliphatic carbocycles. The van der Waals surface area contributed by atoms with Crippen LogP contribution in [0.25, 0.3) is 0 Å². The monoisotopic (exact) mass is 284 g/mol. The zero-order valence-corrected chi connectivity index (χ0v) is 12.6. The van der Waals surface area contributed by atoms with Gasteiger partial charge >= 0.3 is 0 Å². The molecule has 0 aromatic carbocycles. The zero-order chi connectivity index (χ0) is 13.7. The second-order valence-corrected chi connectivity index (χ2v) is 6.22. The van der Waals surface area contributed by atoms with E-state index in [0.29, 0.717) is 5.25 Å². The number of hydrazine groups is 1. The summed E-state index contributed by atoms with van der Waals surface area (Å²) >= 11 is 2.00. The maximum absolute atomic E-state index is 5.82. The number of hydrogen-bond acceptors (Lipinski definition) is 5. The molecule has 1 aromatic heterocycles. The third-order valence-corrected chi connectivity index (χ3v) is 5.02. The molecule has 0 saturated carbocycles. The summed E-state index contributed by atoms with van der Waals surface area (Å²) in [6.07, 6.45) is 6.62. The predicted octanol–water partition coefficient (Wildman–Crippen LogP) is 2.09. The number of rotatable bonds is 6. The van der Waals surface area contributed by atoms with E-state index in [-0.39, 0.29) is 6.04 Å². The lowest BCUT2D eigenvalue weighted by molar-refractivity contribution is 0.382. The highest BCUT2D eigenvalue weighted by molar-refractivity contribution is 8.00. The Bertz CT molecular complexity index is 390. The van der Waals surface area contributed by atoms with Gasteiger partial charge in [0.05, 0.1) is 25.0 Å². The first-order valence-electron chi connectivity index (χ1n) is 6.99. The number of ether oxygens (including phenoxy) is 1. The minimum absolute atomic E-state index is 0.106. The molecule has 0 bridgehead atoms. The number of methoxy groups -OCH3 is 1. The summed E-state index contributed by atoms with van der Waals surface area (Å²) in [7, 11) is 1.69. The lowest BCUT2D eigenvalue weighted by Gasteiger charge is -2.30. The number of nitrogens with zero attached hydrogens (tertiary/aromatic N) is 2. The Kier molecular flexibility index (Phi) is 5.54. The highest BCUT2D eigenvalue weighted by atomic mass is 32.2. The van der Waals surface area contributed by atoms with Gasteiger partial charge in [0.1, 0.15) is 0 Å². The summed E-state index contributed by atoms with van der Waals surface area (Å²) in [6, 6.07) is 0.106. The van der Waals surface area contributed by atoms with Crippen molar-refractivity contribution in [1.82, 2.24) is 15.2 Å². The van der Waals surface area contributed by atoms with Crippen molar-refractivity contribution < 1.29 is 4.74 Å². The standard InChI is InChI=1S/C13H24N4OS/c1-3-7-17-13(10(18-2)9-15-17)12(16-14)11-6-4-5-8-19-11/h9,11-12,16H,3-8,14H2,1-2H3. The molecule has 1 aliphatic rings. The largest absolute Gasteiger partial charge is 0.493 e. The normalized spacial score (nSPS) is 21.3. The molecule has 2 heterocycles. The number of hydrogen-bond donors (Lipinski definition) is 2. The van der Waals surface area contributed by atoms with E-state index < -0.39 is 0 Å². The lowest BCUT2D eigenvalue weighted by Crippen LogP contribution is -2.38. The number of nitrogens with one attached hydrogen (secondary N) is 1. The first kappa shape index (κ1) is 14.7. The fraction of sp³-hybridized carbons (Fsp3) is 0.769. The molecule has 2 rings (SSSR count). The quantitative estimate of drug-likeness (QED) is 0.618. The van der Waals surface area contributed by atoms with Gasteiger partial charge in [-0.3, -0.25) is 16.0 Å². The zero-order valence-electron chi connectivity index (χ0n) is 11.8. The Morgan fingerprint density at radius 2 is 2.47 bits per heavy atom. The number of aromatic nitrogens is 2. The van der Waals surface area contributed by atoms with Crippen LogP contribution in [0.1, 0.15) is 44.3 Å². The molecule has 0 spiro atoms. The lowest BCUT2D eigenvalue weighted by atomic mass is 10.0. The summed E-state index contributed by atoms with van der Waals surface area (Å²) in [5, 5.41) is 4.93. The van der Waals surface area contributed by atoms with Crippen LogP contribution in [0.5, 0.6) is 5.75 Å². The average molecular weight is 284 g/mol. The Labute approximate surface area is 119 Å². The summed E-state index contributed by atoms with van der Waals surface area (Å²) in [5.41, 5.74) is 4.08. The molecule has 108 valence electrons. The second-order valence-electron chi connectivity index (χ2n) is 4.87. The van der Waals surface area contributed by atoms with Gasteiger partial charge in [-0.15, -0.1) is 0 Å². The number of aryl methyl sites for hydroxylation is 1. The fourth-order valence-electron chi connectivity index (χ4n) is 2.63. The molecular formula is C13H24N4OS. The van der Waals surface area contributed by atoms with Gasteiger partial charge in [0.2, 0.25) is 0 Å². The second kappa shape index (κ2) is 7.17. The molecule has 19 heavy (non-hydrogen) atoms. The maximum Gasteiger partial charge on any atom is 0.161 e. The van der Waals surface area contributed by atoms with Crippen molar-refractivity contribution in [3.8, 4) is 5.75 Å². The van der Waals surface area contributed by atoms with E-state index in [1.54, 1.807) is 13.3 Å². The van der Waals surface area contributed by atoms with Crippen LogP contribution in [-0.4, -0.2) is 27.9 Å². The Hall–Kier alpha value is -0.720. The molecule has 1 fully saturated rings. The number of nitrogens with two attached hydrogens (primary N) is 1. The van der Waals surface area contributed by atoms with Gasteiger partial charge in [-0.05, 0) is 25.0 Å². The van der Waals surface area contributed by atoms with E-state index in [1.807, 2.05) is 16.4 Å². The van der Waals surface area contributed by atoms with Crippen LogP contribution in [0.3, 0.4) is 0 Å². The molecule has 5 nitrogen and oxygen atoms in total. The third kappa shape index (κ3) is 3.24. The van der Waals surface area contributed by atoms with Crippen molar-refractivity contribution in [2.45, 2.75) is 50.4 Å². The molecule has 6 heteroatoms. The van der Waals surface area contributed by atoms with E-state index in [9.17, 15) is 0 Å². The van der Waals surface area contributed by atoms with Crippen LogP contribution in [-0.2, 0) is 6.54 Å². The van der Waals surface area contributed by atoms with E-state index in [0.717, 1.165) is 24.4 Å². The Morgan fingerprint density at radius 1 is 1.63 bits per heavy atom. The van der Waals surface area contributed by atoms with Crippen molar-refractivity contribution in [2.75, 3.05) is 12.9 Å². The van der Waals surface area contributed by atoms with Gasteiger partial charge in [0, 0.05) is 11.8 Å². The maximum atomic E-state index is 5.82. The van der Waals surface area contributed by atoms with Gasteiger partial charge < -0.3 is 4.74 Å². The van der Waals surface area contributed by atoms with Crippen LogP contribution in [0.4, 0.5) is 0 Å². The van der Waals surface area contributed by atoms with E-state index in [4.69, 9.17) is 10.6 Å². The smallest absolute Gasteiger partial charge is 0.161 e. The van der Waals surface area contributed by atoms with Crippen molar-refractivity contribution >= 4 is 11.8 Å². The minimum Gasteiger partial charge on any atom is -0.493 e. The average Bonchev–Trinajstić information content (AvgIpc) is 2.85. The first-order chi connectivity index (χ1) is 9.31. The Morgan fingerprint density at radius 3 is 3.05 bits per heavy atom. The number of thioether (sulfide) groups is 1. The SMILES string of the molecule is CCCn1ncc(OC)c1C(NN)C1CCCCS1. The van der Waals surface area contributed by atoms with Crippen LogP contribution in [0, 0.1) is 0 Å². The summed E-state index contributed by atoms with van der Waals surface area (Å²) in [6.45, 7) is 3.05. The van der Waals surface area contributed by atoms with E-state index in [1.165, 1.54) is 25.0 Å². The summed E-state index contributed by atoms with van der Waals surface area (Å²) in [4.78, 5) is 0. The molecule has 1 saturated heterocycles. The van der Waals surface area contributed by atoms with Gasteiger partial charge in [0.15, 0.2) is 5.75 Å². The van der Waals surface area contributed by atoms with Gasteiger partial charge in [-0.1, -0.05) is 13.3 Å². The van der Waals surface area contributed by atoms with Gasteiger partial charge in [0.25, 0.3) is 0 Å². The molecule has 0 radical (unpaired) electrons. The molecule has 1 aromatic rings. The van der Waals surface area contributed by atoms with Crippen LogP contribution < -0.4 is 16.0 Å². The van der Waals surface area contributed by atoms with Crippen LogP contribution in [0.2, 0.25) is 0 Å². The molecule has 2 atom stereocenters. The molecule has 1 aliphatic heterocycles. The Balaban J connectivity index is 2.26. The summed E-state index contributed by atoms with van der Waals surface area (Å²) in [5.74, 6) is 7.87. The highest BCUT2D eigenvalue weighted by Crippen LogP contribution is 2.37. The van der Waals surface area contributed by atoms with Gasteiger partial charge in [-0.25, -0.2) is 0 Å². The molecule has 2 unspecified atom stereocenters. The molecule has 0 amide bonds. The van der Waals surface area contributed by atoms with E-state index >= 15 is 0 Å². The van der Waals surface area contributed by atoms with Crippen molar-refractivity contribution in [3.05, 3.63) is 11.9 Å². The topological polar surface area (TPSA) is 65.1 Å². The fourth-order valence-corrected chi connectivity index (χ4v) is 4.04. The van der Waals surface area contributed by atoms with Crippen LogP contribution >= 0.6 is 11.8 Å². The van der Waals surface area contributed by atoms with E-state index in [2.05, 4.69) is 17.4 Å². The van der Waals surface area contributed by atoms with Crippen molar-refractivity contribution in [2.24, 2.45) is 5.84 Å². The minimum atomic E-state index is 0.106.